The van der Waals surface area contributed by atoms with Crippen LogP contribution in [-0.2, 0) is 14.3 Å². The van der Waals surface area contributed by atoms with E-state index < -0.39 is 12.0 Å². The van der Waals surface area contributed by atoms with Crippen molar-refractivity contribution in [3.63, 3.8) is 0 Å². The van der Waals surface area contributed by atoms with Crippen LogP contribution in [0.4, 0.5) is 4.79 Å². The van der Waals surface area contributed by atoms with Crippen LogP contribution >= 0.6 is 11.3 Å². The van der Waals surface area contributed by atoms with Crippen molar-refractivity contribution < 1.29 is 19.1 Å². The summed E-state index contributed by atoms with van der Waals surface area (Å²) in [5.41, 5.74) is 1.95. The number of amides is 3. The molecule has 0 bridgehead atoms. The molecule has 2 aliphatic rings. The Balaban J connectivity index is 1.95. The van der Waals surface area contributed by atoms with Gasteiger partial charge in [0.05, 0.1) is 18.2 Å². The van der Waals surface area contributed by atoms with Crippen molar-refractivity contribution in [2.45, 2.75) is 33.2 Å². The highest BCUT2D eigenvalue weighted by Crippen LogP contribution is 2.33. The fourth-order valence-electron chi connectivity index (χ4n) is 4.26. The minimum absolute atomic E-state index is 0.0360. The Bertz CT molecular complexity index is 896. The van der Waals surface area contributed by atoms with Crippen LogP contribution in [0, 0.1) is 5.92 Å². The molecule has 2 aliphatic heterocycles. The first-order chi connectivity index (χ1) is 15.9. The zero-order valence-corrected chi connectivity index (χ0v) is 20.5. The van der Waals surface area contributed by atoms with Gasteiger partial charge < -0.3 is 15.0 Å². The molecule has 3 amide bonds. The number of nitrogens with one attached hydrogen (secondary N) is 1. The minimum Gasteiger partial charge on any atom is -0.463 e. The smallest absolute Gasteiger partial charge is 0.338 e. The molecule has 1 saturated heterocycles. The molecule has 1 aromatic heterocycles. The zero-order valence-electron chi connectivity index (χ0n) is 19.7. The maximum atomic E-state index is 13.1. The van der Waals surface area contributed by atoms with Crippen molar-refractivity contribution in [2.24, 2.45) is 5.92 Å². The van der Waals surface area contributed by atoms with Gasteiger partial charge in [0.15, 0.2) is 0 Å². The number of ether oxygens (including phenoxy) is 1. The Morgan fingerprint density at radius 3 is 2.73 bits per heavy atom. The lowest BCUT2D eigenvalue weighted by molar-refractivity contribution is -0.139. The van der Waals surface area contributed by atoms with Crippen molar-refractivity contribution in [1.82, 2.24) is 20.0 Å². The van der Waals surface area contributed by atoms with Crippen LogP contribution < -0.4 is 5.32 Å². The van der Waals surface area contributed by atoms with Gasteiger partial charge in [-0.25, -0.2) is 9.59 Å². The van der Waals surface area contributed by atoms with Crippen LogP contribution in [0.5, 0.6) is 0 Å². The lowest BCUT2D eigenvalue weighted by atomic mass is 9.96. The predicted octanol–water partition coefficient (Wildman–Crippen LogP) is 3.01. The molecule has 180 valence electrons. The van der Waals surface area contributed by atoms with Crippen molar-refractivity contribution in [3.05, 3.63) is 46.3 Å². The molecular formula is C24H34N4O4S. The van der Waals surface area contributed by atoms with Crippen LogP contribution in [0.2, 0.25) is 0 Å². The van der Waals surface area contributed by atoms with Gasteiger partial charge in [-0.3, -0.25) is 14.6 Å². The van der Waals surface area contributed by atoms with Crippen LogP contribution in [0.3, 0.4) is 0 Å². The largest absolute Gasteiger partial charge is 0.463 e. The van der Waals surface area contributed by atoms with Gasteiger partial charge in [0.2, 0.25) is 5.91 Å². The Labute approximate surface area is 199 Å². The van der Waals surface area contributed by atoms with E-state index in [1.54, 1.807) is 17.9 Å². The van der Waals surface area contributed by atoms with E-state index in [9.17, 15) is 14.4 Å². The van der Waals surface area contributed by atoms with Crippen LogP contribution in [0.1, 0.15) is 38.8 Å². The van der Waals surface area contributed by atoms with Gasteiger partial charge in [0, 0.05) is 50.9 Å². The van der Waals surface area contributed by atoms with Gasteiger partial charge in [-0.2, -0.15) is 11.3 Å². The lowest BCUT2D eigenvalue weighted by Gasteiger charge is -2.37. The molecule has 3 heterocycles. The van der Waals surface area contributed by atoms with Gasteiger partial charge in [-0.05, 0) is 35.7 Å². The number of esters is 1. The van der Waals surface area contributed by atoms with Gasteiger partial charge in [0.25, 0.3) is 0 Å². The fraction of sp³-hybridized carbons (Fsp3) is 0.542. The molecule has 0 saturated carbocycles. The van der Waals surface area contributed by atoms with Crippen LogP contribution in [-0.4, -0.2) is 78.5 Å². The highest BCUT2D eigenvalue weighted by molar-refractivity contribution is 7.08. The Morgan fingerprint density at radius 2 is 2.09 bits per heavy atom. The molecule has 1 atom stereocenters. The zero-order chi connectivity index (χ0) is 24.0. The number of rotatable bonds is 8. The van der Waals surface area contributed by atoms with Gasteiger partial charge in [-0.15, -0.1) is 6.58 Å². The second-order valence-corrected chi connectivity index (χ2v) is 9.31. The van der Waals surface area contributed by atoms with E-state index in [-0.39, 0.29) is 31.0 Å². The SMILES string of the molecule is C=CCN1C(=O)NC(c2ccsc2)C(C(=O)OCC)=C1CN1CCCN(C(=O)C(C)C)CC1. The van der Waals surface area contributed by atoms with E-state index in [2.05, 4.69) is 16.8 Å². The van der Waals surface area contributed by atoms with Crippen molar-refractivity contribution in [2.75, 3.05) is 45.9 Å². The number of hydrogen-bond acceptors (Lipinski definition) is 6. The molecule has 33 heavy (non-hydrogen) atoms. The molecule has 0 aliphatic carbocycles. The summed E-state index contributed by atoms with van der Waals surface area (Å²) in [6, 6.07) is 1.09. The third-order valence-electron chi connectivity index (χ3n) is 5.89. The molecular weight excluding hydrogens is 440 g/mol. The number of carbonyl (C=O) groups is 3. The van der Waals surface area contributed by atoms with Crippen LogP contribution in [0.15, 0.2) is 40.8 Å². The molecule has 8 nitrogen and oxygen atoms in total. The average molecular weight is 475 g/mol. The van der Waals surface area contributed by atoms with E-state index in [0.717, 1.165) is 18.5 Å². The lowest BCUT2D eigenvalue weighted by Crippen LogP contribution is -2.51. The van der Waals surface area contributed by atoms with Gasteiger partial charge >= 0.3 is 12.0 Å². The third kappa shape index (κ3) is 5.83. The van der Waals surface area contributed by atoms with Crippen molar-refractivity contribution in [3.8, 4) is 0 Å². The summed E-state index contributed by atoms with van der Waals surface area (Å²) in [7, 11) is 0. The topological polar surface area (TPSA) is 82.2 Å². The molecule has 1 N–H and O–H groups in total. The van der Waals surface area contributed by atoms with Gasteiger partial charge in [-0.1, -0.05) is 19.9 Å². The fourth-order valence-corrected chi connectivity index (χ4v) is 4.95. The average Bonchev–Trinajstić information content (AvgIpc) is 3.22. The third-order valence-corrected chi connectivity index (χ3v) is 6.59. The second kappa shape index (κ2) is 11.5. The molecule has 3 rings (SSSR count). The standard InChI is InChI=1S/C24H34N4O4S/c1-5-9-28-19(15-26-10-7-11-27(13-12-26)22(29)17(3)4)20(23(30)32-6-2)21(25-24(28)31)18-8-14-33-16-18/h5,8,14,16-17,21H,1,6-7,9-13,15H2,2-4H3,(H,25,31). The summed E-state index contributed by atoms with van der Waals surface area (Å²) in [5.74, 6) is -0.304. The summed E-state index contributed by atoms with van der Waals surface area (Å²) in [4.78, 5) is 44.4. The number of thiophene rings is 1. The minimum atomic E-state index is -0.565. The Kier molecular flexibility index (Phi) is 8.68. The van der Waals surface area contributed by atoms with Crippen molar-refractivity contribution >= 4 is 29.2 Å². The first-order valence-corrected chi connectivity index (χ1v) is 12.4. The summed E-state index contributed by atoms with van der Waals surface area (Å²) in [6.45, 7) is 13.1. The summed E-state index contributed by atoms with van der Waals surface area (Å²) in [5, 5.41) is 6.84. The molecule has 0 radical (unpaired) electrons. The highest BCUT2D eigenvalue weighted by Gasteiger charge is 2.38. The van der Waals surface area contributed by atoms with E-state index in [1.165, 1.54) is 11.3 Å². The van der Waals surface area contributed by atoms with E-state index in [1.807, 2.05) is 35.6 Å². The molecule has 9 heteroatoms. The molecule has 1 aromatic rings. The Morgan fingerprint density at radius 1 is 1.30 bits per heavy atom. The maximum Gasteiger partial charge on any atom is 0.338 e. The van der Waals surface area contributed by atoms with E-state index in [4.69, 9.17) is 4.74 Å². The number of hydrogen-bond donors (Lipinski definition) is 1. The number of carbonyl (C=O) groups excluding carboxylic acids is 3. The summed E-state index contributed by atoms with van der Waals surface area (Å²) >= 11 is 1.51. The van der Waals surface area contributed by atoms with Crippen LogP contribution in [0.25, 0.3) is 0 Å². The first kappa shape index (κ1) is 25.0. The van der Waals surface area contributed by atoms with E-state index >= 15 is 0 Å². The van der Waals surface area contributed by atoms with Gasteiger partial charge in [0.1, 0.15) is 0 Å². The van der Waals surface area contributed by atoms with E-state index in [0.29, 0.717) is 37.4 Å². The maximum absolute atomic E-state index is 13.1. The predicted molar refractivity (Wildman–Crippen MR) is 129 cm³/mol. The number of nitrogens with zero attached hydrogens (tertiary/aromatic N) is 3. The Hall–Kier alpha value is -2.65. The highest BCUT2D eigenvalue weighted by atomic mass is 32.1. The normalized spacial score (nSPS) is 20.0. The number of urea groups is 1. The summed E-state index contributed by atoms with van der Waals surface area (Å²) < 4.78 is 5.42. The molecule has 0 aromatic carbocycles. The molecule has 0 spiro atoms. The molecule has 1 fully saturated rings. The van der Waals surface area contributed by atoms with Crippen molar-refractivity contribution in [1.29, 1.82) is 0 Å². The second-order valence-electron chi connectivity index (χ2n) is 8.53. The monoisotopic (exact) mass is 474 g/mol. The molecule has 1 unspecified atom stereocenters. The quantitative estimate of drug-likeness (QED) is 0.463. The first-order valence-electron chi connectivity index (χ1n) is 11.5. The summed E-state index contributed by atoms with van der Waals surface area (Å²) in [6.07, 6.45) is 2.49.